The van der Waals surface area contributed by atoms with E-state index in [0.29, 0.717) is 5.92 Å². The first-order valence-corrected chi connectivity index (χ1v) is 21.8. The molecule has 1 saturated carbocycles. The van der Waals surface area contributed by atoms with Crippen LogP contribution in [0.4, 0.5) is 11.4 Å². The predicted octanol–water partition coefficient (Wildman–Crippen LogP) is 14.6. The molecule has 48 heavy (non-hydrogen) atoms. The molecule has 0 bridgehead atoms. The molecular formula is C46H82N2. The van der Waals surface area contributed by atoms with Gasteiger partial charge in [0.15, 0.2) is 0 Å². The summed E-state index contributed by atoms with van der Waals surface area (Å²) < 4.78 is 0. The fourth-order valence-electron chi connectivity index (χ4n) is 7.68. The summed E-state index contributed by atoms with van der Waals surface area (Å²) in [5, 5.41) is 0. The average Bonchev–Trinajstić information content (AvgIpc) is 3.62. The van der Waals surface area contributed by atoms with Crippen molar-refractivity contribution in [1.82, 2.24) is 0 Å². The molecule has 2 nitrogen and oxygen atoms in total. The third-order valence-electron chi connectivity index (χ3n) is 10.9. The minimum Gasteiger partial charge on any atom is -0.371 e. The van der Waals surface area contributed by atoms with Gasteiger partial charge in [0.05, 0.1) is 5.69 Å². The van der Waals surface area contributed by atoms with Crippen LogP contribution in [0.15, 0.2) is 12.1 Å². The van der Waals surface area contributed by atoms with Crippen molar-refractivity contribution in [2.45, 2.75) is 214 Å². The maximum Gasteiger partial charge on any atom is 0.0546 e. The molecule has 0 aliphatic heterocycles. The van der Waals surface area contributed by atoms with Crippen LogP contribution in [0, 0.1) is 24.7 Å². The first kappa shape index (κ1) is 42.5. The van der Waals surface area contributed by atoms with Crippen molar-refractivity contribution in [3.63, 3.8) is 0 Å². The zero-order valence-electron chi connectivity index (χ0n) is 33.3. The van der Waals surface area contributed by atoms with Crippen LogP contribution >= 0.6 is 0 Å². The van der Waals surface area contributed by atoms with Gasteiger partial charge >= 0.3 is 0 Å². The van der Waals surface area contributed by atoms with Crippen molar-refractivity contribution >= 4 is 11.4 Å². The van der Waals surface area contributed by atoms with Gasteiger partial charge in [-0.2, -0.15) is 0 Å². The van der Waals surface area contributed by atoms with Crippen LogP contribution in [0.25, 0.3) is 0 Å². The Morgan fingerprint density at radius 2 is 0.833 bits per heavy atom. The first-order chi connectivity index (χ1) is 23.6. The van der Waals surface area contributed by atoms with Crippen LogP contribution < -0.4 is 9.80 Å². The van der Waals surface area contributed by atoms with Crippen LogP contribution in [0.5, 0.6) is 0 Å². The third kappa shape index (κ3) is 19.0. The highest BCUT2D eigenvalue weighted by Gasteiger charge is 2.18. The molecular weight excluding hydrogens is 581 g/mol. The normalized spacial score (nSPS) is 13.2. The molecule has 1 aromatic rings. The number of unbranched alkanes of at least 4 members (excludes halogenated alkanes) is 20. The SMILES string of the molecule is CCCCCCCCN(CCCCCCCC)c1cc(N(CCCCCCCC)CCCCCCCC)c(C#CC2CCCC2)cc1C. The Morgan fingerprint density at radius 3 is 1.23 bits per heavy atom. The minimum atomic E-state index is 0.598. The zero-order valence-corrected chi connectivity index (χ0v) is 33.3. The molecule has 0 unspecified atom stereocenters. The van der Waals surface area contributed by atoms with Gasteiger partial charge < -0.3 is 9.80 Å². The third-order valence-corrected chi connectivity index (χ3v) is 10.9. The lowest BCUT2D eigenvalue weighted by molar-refractivity contribution is 0.572. The summed E-state index contributed by atoms with van der Waals surface area (Å²) in [5.74, 6) is 8.19. The molecule has 0 amide bonds. The van der Waals surface area contributed by atoms with Gasteiger partial charge in [0.25, 0.3) is 0 Å². The van der Waals surface area contributed by atoms with E-state index >= 15 is 0 Å². The molecule has 2 heteroatoms. The minimum absolute atomic E-state index is 0.598. The first-order valence-electron chi connectivity index (χ1n) is 21.8. The van der Waals surface area contributed by atoms with Crippen LogP contribution in [0.2, 0.25) is 0 Å². The van der Waals surface area contributed by atoms with Crippen molar-refractivity contribution in [2.24, 2.45) is 5.92 Å². The van der Waals surface area contributed by atoms with Crippen LogP contribution in [0.3, 0.4) is 0 Å². The Kier molecular flexibility index (Phi) is 25.8. The lowest BCUT2D eigenvalue weighted by Crippen LogP contribution is -2.29. The van der Waals surface area contributed by atoms with Gasteiger partial charge in [-0.25, -0.2) is 0 Å². The zero-order chi connectivity index (χ0) is 34.5. The Balaban J connectivity index is 2.36. The van der Waals surface area contributed by atoms with E-state index in [1.807, 2.05) is 0 Å². The lowest BCUT2D eigenvalue weighted by atomic mass is 10.0. The molecule has 1 aliphatic carbocycles. The summed E-state index contributed by atoms with van der Waals surface area (Å²) in [6.07, 6.45) is 38.0. The highest BCUT2D eigenvalue weighted by Crippen LogP contribution is 2.33. The van der Waals surface area contributed by atoms with Crippen LogP contribution in [0.1, 0.15) is 219 Å². The number of benzene rings is 1. The number of hydrogen-bond donors (Lipinski definition) is 0. The fraction of sp³-hybridized carbons (Fsp3) is 0.826. The fourth-order valence-corrected chi connectivity index (χ4v) is 7.68. The van der Waals surface area contributed by atoms with Gasteiger partial charge in [0.1, 0.15) is 0 Å². The second kappa shape index (κ2) is 29.1. The summed E-state index contributed by atoms with van der Waals surface area (Å²) in [4.78, 5) is 5.58. The van der Waals surface area contributed by atoms with E-state index in [-0.39, 0.29) is 0 Å². The number of nitrogens with zero attached hydrogens (tertiary/aromatic N) is 2. The highest BCUT2D eigenvalue weighted by molar-refractivity contribution is 5.71. The molecule has 1 aromatic carbocycles. The Labute approximate surface area is 302 Å². The summed E-state index contributed by atoms with van der Waals surface area (Å²) in [6.45, 7) is 16.4. The highest BCUT2D eigenvalue weighted by atomic mass is 15.2. The van der Waals surface area contributed by atoms with E-state index in [2.05, 4.69) is 68.4 Å². The van der Waals surface area contributed by atoms with Gasteiger partial charge in [-0.15, -0.1) is 0 Å². The van der Waals surface area contributed by atoms with E-state index in [1.54, 1.807) is 0 Å². The van der Waals surface area contributed by atoms with Gasteiger partial charge in [-0.05, 0) is 63.1 Å². The molecule has 1 aliphatic rings. The molecule has 0 radical (unpaired) electrons. The van der Waals surface area contributed by atoms with Gasteiger partial charge in [-0.3, -0.25) is 0 Å². The van der Waals surface area contributed by atoms with Crippen molar-refractivity contribution in [2.75, 3.05) is 36.0 Å². The van der Waals surface area contributed by atoms with Crippen molar-refractivity contribution in [3.05, 3.63) is 23.3 Å². The standard InChI is InChI=1S/C46H82N2/c1-6-10-14-18-22-28-36-47(37-29-23-19-15-11-7-2)45-41-46(44(40-42(45)5)35-34-43-32-26-27-33-43)48(38-30-24-20-16-12-8-3)39-31-25-21-17-13-9-4/h40-41,43H,6-33,36-39H2,1-5H3. The molecule has 276 valence electrons. The van der Waals surface area contributed by atoms with Crippen molar-refractivity contribution in [1.29, 1.82) is 0 Å². The van der Waals surface area contributed by atoms with Crippen molar-refractivity contribution < 1.29 is 0 Å². The summed E-state index contributed by atoms with van der Waals surface area (Å²) in [7, 11) is 0. The number of anilines is 2. The molecule has 1 fully saturated rings. The molecule has 0 N–H and O–H groups in total. The molecule has 0 aromatic heterocycles. The predicted molar refractivity (Wildman–Crippen MR) is 218 cm³/mol. The maximum absolute atomic E-state index is 3.81. The Bertz CT molecular complexity index is 917. The topological polar surface area (TPSA) is 6.48 Å². The second-order valence-electron chi connectivity index (χ2n) is 15.5. The van der Waals surface area contributed by atoms with E-state index in [4.69, 9.17) is 0 Å². The van der Waals surface area contributed by atoms with E-state index in [0.717, 1.165) is 0 Å². The monoisotopic (exact) mass is 663 g/mol. The van der Waals surface area contributed by atoms with Crippen molar-refractivity contribution in [3.8, 4) is 11.8 Å². The largest absolute Gasteiger partial charge is 0.371 e. The molecule has 2 rings (SSSR count). The smallest absolute Gasteiger partial charge is 0.0546 e. The van der Waals surface area contributed by atoms with E-state index in [1.165, 1.54) is 228 Å². The van der Waals surface area contributed by atoms with Crippen LogP contribution in [-0.4, -0.2) is 26.2 Å². The number of rotatable bonds is 30. The summed E-state index contributed by atoms with van der Waals surface area (Å²) in [5.41, 5.74) is 5.68. The maximum atomic E-state index is 3.81. The average molecular weight is 663 g/mol. The van der Waals surface area contributed by atoms with Gasteiger partial charge in [0, 0.05) is 43.3 Å². The van der Waals surface area contributed by atoms with E-state index < -0.39 is 0 Å². The van der Waals surface area contributed by atoms with Crippen LogP contribution in [-0.2, 0) is 0 Å². The number of hydrogen-bond acceptors (Lipinski definition) is 2. The lowest BCUT2D eigenvalue weighted by Gasteiger charge is -2.31. The second-order valence-corrected chi connectivity index (χ2v) is 15.5. The molecule has 0 heterocycles. The van der Waals surface area contributed by atoms with Gasteiger partial charge in [-0.1, -0.05) is 181 Å². The molecule has 0 atom stereocenters. The number of aryl methyl sites for hydroxylation is 1. The quantitative estimate of drug-likeness (QED) is 0.0597. The Morgan fingerprint density at radius 1 is 0.479 bits per heavy atom. The summed E-state index contributed by atoms with van der Waals surface area (Å²) >= 11 is 0. The summed E-state index contributed by atoms with van der Waals surface area (Å²) in [6, 6.07) is 5.12. The van der Waals surface area contributed by atoms with E-state index in [9.17, 15) is 0 Å². The Hall–Kier alpha value is -1.62. The van der Waals surface area contributed by atoms with Gasteiger partial charge in [0.2, 0.25) is 0 Å². The molecule has 0 spiro atoms. The molecule has 0 saturated heterocycles.